The SMILES string of the molecule is CS(=O)(=O)c1ccccc1C[C@H](NC(=O)c1c(Cl)cc2c(c1Cl)CCN(C(=O)c1ccc(Cl)cc1)C2)C(=O)O. The van der Waals surface area contributed by atoms with Gasteiger partial charge in [0.1, 0.15) is 6.04 Å². The van der Waals surface area contributed by atoms with Gasteiger partial charge in [-0.3, -0.25) is 9.59 Å². The van der Waals surface area contributed by atoms with Gasteiger partial charge in [0.2, 0.25) is 0 Å². The van der Waals surface area contributed by atoms with E-state index < -0.39 is 27.8 Å². The summed E-state index contributed by atoms with van der Waals surface area (Å²) in [5.41, 5.74) is 1.96. The number of carboxylic acid groups (broad SMARTS) is 1. The Bertz CT molecular complexity index is 1580. The second-order valence-corrected chi connectivity index (χ2v) is 12.3. The van der Waals surface area contributed by atoms with Crippen LogP contribution in [0.3, 0.4) is 0 Å². The van der Waals surface area contributed by atoms with Gasteiger partial charge in [0.25, 0.3) is 11.8 Å². The zero-order valence-corrected chi connectivity index (χ0v) is 23.7. The van der Waals surface area contributed by atoms with E-state index in [0.29, 0.717) is 34.7 Å². The van der Waals surface area contributed by atoms with Crippen LogP contribution in [0.1, 0.15) is 37.4 Å². The molecule has 0 fully saturated rings. The number of carbonyl (C=O) groups is 3. The van der Waals surface area contributed by atoms with Crippen molar-refractivity contribution in [2.75, 3.05) is 12.8 Å². The Balaban J connectivity index is 1.56. The van der Waals surface area contributed by atoms with Crippen molar-refractivity contribution in [2.45, 2.75) is 30.3 Å². The summed E-state index contributed by atoms with van der Waals surface area (Å²) in [6.45, 7) is 0.565. The highest BCUT2D eigenvalue weighted by molar-refractivity contribution is 7.90. The quantitative estimate of drug-likeness (QED) is 0.402. The number of amides is 2. The van der Waals surface area contributed by atoms with E-state index >= 15 is 0 Å². The summed E-state index contributed by atoms with van der Waals surface area (Å²) in [6.07, 6.45) is 1.11. The zero-order valence-electron chi connectivity index (χ0n) is 20.6. The highest BCUT2D eigenvalue weighted by atomic mass is 35.5. The van der Waals surface area contributed by atoms with Crippen LogP contribution in [-0.2, 0) is 34.0 Å². The van der Waals surface area contributed by atoms with Gasteiger partial charge in [-0.25, -0.2) is 13.2 Å². The molecule has 8 nitrogen and oxygen atoms in total. The summed E-state index contributed by atoms with van der Waals surface area (Å²) in [5.74, 6) is -2.35. The first-order valence-electron chi connectivity index (χ1n) is 11.7. The number of halogens is 3. The van der Waals surface area contributed by atoms with Gasteiger partial charge in [-0.1, -0.05) is 53.0 Å². The van der Waals surface area contributed by atoms with E-state index in [1.807, 2.05) is 0 Å². The smallest absolute Gasteiger partial charge is 0.326 e. The number of rotatable bonds is 7. The average molecular weight is 610 g/mol. The Morgan fingerprint density at radius 3 is 2.36 bits per heavy atom. The van der Waals surface area contributed by atoms with Crippen molar-refractivity contribution in [3.63, 3.8) is 0 Å². The van der Waals surface area contributed by atoms with Crippen LogP contribution < -0.4 is 5.32 Å². The molecule has 0 spiro atoms. The fourth-order valence-electron chi connectivity index (χ4n) is 4.49. The van der Waals surface area contributed by atoms with Crippen LogP contribution in [0.5, 0.6) is 0 Å². The average Bonchev–Trinajstić information content (AvgIpc) is 2.87. The molecule has 1 heterocycles. The minimum Gasteiger partial charge on any atom is -0.480 e. The van der Waals surface area contributed by atoms with Gasteiger partial charge < -0.3 is 15.3 Å². The molecule has 39 heavy (non-hydrogen) atoms. The predicted molar refractivity (Wildman–Crippen MR) is 149 cm³/mol. The third-order valence-electron chi connectivity index (χ3n) is 6.41. The molecule has 2 N–H and O–H groups in total. The lowest BCUT2D eigenvalue weighted by Gasteiger charge is -2.30. The molecule has 0 aliphatic carbocycles. The van der Waals surface area contributed by atoms with Crippen LogP contribution in [-0.4, -0.2) is 55.1 Å². The fraction of sp³-hybridized carbons (Fsp3) is 0.222. The summed E-state index contributed by atoms with van der Waals surface area (Å²) in [4.78, 5) is 39.8. The topological polar surface area (TPSA) is 121 Å². The van der Waals surface area contributed by atoms with Crippen molar-refractivity contribution in [3.8, 4) is 0 Å². The van der Waals surface area contributed by atoms with Crippen molar-refractivity contribution in [3.05, 3.63) is 97.5 Å². The Morgan fingerprint density at radius 1 is 1.05 bits per heavy atom. The van der Waals surface area contributed by atoms with Crippen LogP contribution in [0.15, 0.2) is 59.5 Å². The van der Waals surface area contributed by atoms with Crippen LogP contribution in [0.25, 0.3) is 0 Å². The monoisotopic (exact) mass is 608 g/mol. The third kappa shape index (κ3) is 6.38. The Labute approximate surface area is 240 Å². The molecule has 0 aromatic heterocycles. The molecule has 3 aromatic carbocycles. The lowest BCUT2D eigenvalue weighted by molar-refractivity contribution is -0.139. The number of nitrogens with one attached hydrogen (secondary N) is 1. The van der Waals surface area contributed by atoms with Crippen molar-refractivity contribution >= 4 is 62.4 Å². The standard InChI is InChI=1S/C27H23Cl3N2O6S/c1-39(37,38)22-5-3-2-4-16(22)13-21(27(35)36)31-25(33)23-20(29)12-17-14-32(11-10-19(17)24(23)30)26(34)15-6-8-18(28)9-7-15/h2-9,12,21H,10-11,13-14H2,1H3,(H,31,33)(H,35,36)/t21-/m0/s1. The van der Waals surface area contributed by atoms with Crippen LogP contribution in [0.2, 0.25) is 15.1 Å². The molecule has 1 aliphatic rings. The van der Waals surface area contributed by atoms with Gasteiger partial charge in [-0.2, -0.15) is 0 Å². The lowest BCUT2D eigenvalue weighted by Crippen LogP contribution is -2.43. The summed E-state index contributed by atoms with van der Waals surface area (Å²) in [5, 5.41) is 12.8. The Kier molecular flexibility index (Phi) is 8.56. The van der Waals surface area contributed by atoms with E-state index in [-0.39, 0.29) is 44.9 Å². The summed E-state index contributed by atoms with van der Waals surface area (Å²) in [6, 6.07) is 12.6. The molecular weight excluding hydrogens is 587 g/mol. The number of hydrogen-bond donors (Lipinski definition) is 2. The van der Waals surface area contributed by atoms with E-state index in [9.17, 15) is 27.9 Å². The first-order valence-corrected chi connectivity index (χ1v) is 14.8. The molecule has 0 bridgehead atoms. The van der Waals surface area contributed by atoms with Crippen LogP contribution in [0, 0.1) is 0 Å². The molecule has 12 heteroatoms. The summed E-state index contributed by atoms with van der Waals surface area (Å²) in [7, 11) is -3.62. The van der Waals surface area contributed by atoms with E-state index in [4.69, 9.17) is 34.8 Å². The van der Waals surface area contributed by atoms with Gasteiger partial charge in [0, 0.05) is 36.4 Å². The van der Waals surface area contributed by atoms with E-state index in [1.165, 1.54) is 18.2 Å². The summed E-state index contributed by atoms with van der Waals surface area (Å²) >= 11 is 19.0. The number of carbonyl (C=O) groups excluding carboxylic acids is 2. The summed E-state index contributed by atoms with van der Waals surface area (Å²) < 4.78 is 24.3. The minimum absolute atomic E-state index is 0.00211. The van der Waals surface area contributed by atoms with Crippen molar-refractivity contribution in [1.82, 2.24) is 10.2 Å². The molecule has 0 radical (unpaired) electrons. The number of fused-ring (bicyclic) bond motifs is 1. The number of nitrogens with zero attached hydrogens (tertiary/aromatic N) is 1. The maximum atomic E-state index is 13.2. The highest BCUT2D eigenvalue weighted by Crippen LogP contribution is 2.35. The molecular formula is C27H23Cl3N2O6S. The van der Waals surface area contributed by atoms with Crippen LogP contribution >= 0.6 is 34.8 Å². The number of sulfone groups is 1. The Hall–Kier alpha value is -3.11. The van der Waals surface area contributed by atoms with Crippen molar-refractivity contribution in [1.29, 1.82) is 0 Å². The van der Waals surface area contributed by atoms with Crippen molar-refractivity contribution in [2.24, 2.45) is 0 Å². The number of hydrogen-bond acceptors (Lipinski definition) is 5. The fourth-order valence-corrected chi connectivity index (χ4v) is 6.34. The third-order valence-corrected chi connectivity index (χ3v) is 8.57. The lowest BCUT2D eigenvalue weighted by atomic mass is 9.95. The first-order chi connectivity index (χ1) is 18.4. The van der Waals surface area contributed by atoms with Crippen LogP contribution in [0.4, 0.5) is 0 Å². The van der Waals surface area contributed by atoms with Gasteiger partial charge in [0.15, 0.2) is 9.84 Å². The minimum atomic E-state index is -3.62. The van der Waals surface area contributed by atoms with Gasteiger partial charge in [-0.15, -0.1) is 0 Å². The number of carboxylic acids is 1. The second-order valence-electron chi connectivity index (χ2n) is 9.12. The van der Waals surface area contributed by atoms with E-state index in [1.54, 1.807) is 41.3 Å². The van der Waals surface area contributed by atoms with E-state index in [2.05, 4.69) is 5.32 Å². The molecule has 204 valence electrons. The first kappa shape index (κ1) is 28.9. The molecule has 0 saturated carbocycles. The number of benzene rings is 3. The Morgan fingerprint density at radius 2 is 1.72 bits per heavy atom. The van der Waals surface area contributed by atoms with Gasteiger partial charge in [0.05, 0.1) is 20.5 Å². The zero-order chi connectivity index (χ0) is 28.5. The molecule has 4 rings (SSSR count). The normalized spacial score (nSPS) is 13.9. The van der Waals surface area contributed by atoms with Crippen molar-refractivity contribution < 1.29 is 27.9 Å². The molecule has 1 aliphatic heterocycles. The molecule has 3 aromatic rings. The van der Waals surface area contributed by atoms with Gasteiger partial charge >= 0.3 is 5.97 Å². The maximum Gasteiger partial charge on any atom is 0.326 e. The molecule has 0 unspecified atom stereocenters. The molecule has 1 atom stereocenters. The van der Waals surface area contributed by atoms with Gasteiger partial charge in [-0.05, 0) is 59.5 Å². The number of aliphatic carboxylic acids is 1. The highest BCUT2D eigenvalue weighted by Gasteiger charge is 2.30. The second kappa shape index (κ2) is 11.6. The largest absolute Gasteiger partial charge is 0.480 e. The predicted octanol–water partition coefficient (Wildman–Crippen LogP) is 4.67. The molecule has 2 amide bonds. The maximum absolute atomic E-state index is 13.2. The molecule has 0 saturated heterocycles. The van der Waals surface area contributed by atoms with E-state index in [0.717, 1.165) is 6.26 Å².